The van der Waals surface area contributed by atoms with Crippen molar-refractivity contribution >= 4 is 11.9 Å². The van der Waals surface area contributed by atoms with E-state index < -0.39 is 11.5 Å². The van der Waals surface area contributed by atoms with Crippen molar-refractivity contribution in [2.45, 2.75) is 38.6 Å². The van der Waals surface area contributed by atoms with Gasteiger partial charge in [-0.2, -0.15) is 0 Å². The molecule has 0 bridgehead atoms. The average Bonchev–Trinajstić information content (AvgIpc) is 2.00. The molecular weight excluding hydrogens is 182 g/mol. The first-order valence-corrected chi connectivity index (χ1v) is 4.33. The first-order chi connectivity index (χ1) is 6.37. The number of terminal acetylenes is 1. The van der Waals surface area contributed by atoms with Gasteiger partial charge in [-0.1, -0.05) is 5.92 Å². The zero-order valence-corrected chi connectivity index (χ0v) is 8.46. The molecule has 0 aromatic rings. The van der Waals surface area contributed by atoms with Crippen LogP contribution in [-0.4, -0.2) is 22.5 Å². The predicted octanol–water partition coefficient (Wildman–Crippen LogP) is 0.769. The van der Waals surface area contributed by atoms with Gasteiger partial charge in [0.25, 0.3) is 0 Å². The lowest BCUT2D eigenvalue weighted by atomic mass is 9.98. The van der Waals surface area contributed by atoms with Crippen LogP contribution in [0.3, 0.4) is 0 Å². The summed E-state index contributed by atoms with van der Waals surface area (Å²) in [6, 6.07) is 0. The Morgan fingerprint density at radius 3 is 2.50 bits per heavy atom. The number of hydrogen-bond acceptors (Lipinski definition) is 2. The molecule has 0 aliphatic heterocycles. The number of aliphatic carboxylic acids is 1. The highest BCUT2D eigenvalue weighted by molar-refractivity contribution is 5.79. The average molecular weight is 197 g/mol. The Kier molecular flexibility index (Phi) is 4.71. The van der Waals surface area contributed by atoms with Gasteiger partial charge in [-0.25, -0.2) is 0 Å². The molecule has 1 amide bonds. The molecule has 78 valence electrons. The third-order valence-electron chi connectivity index (χ3n) is 1.70. The van der Waals surface area contributed by atoms with Crippen LogP contribution in [0.1, 0.15) is 33.1 Å². The fraction of sp³-hybridized carbons (Fsp3) is 0.600. The molecule has 0 fully saturated rings. The van der Waals surface area contributed by atoms with E-state index >= 15 is 0 Å². The summed E-state index contributed by atoms with van der Waals surface area (Å²) >= 11 is 0. The summed E-state index contributed by atoms with van der Waals surface area (Å²) in [5.74, 6) is 1.11. The molecule has 4 nitrogen and oxygen atoms in total. The summed E-state index contributed by atoms with van der Waals surface area (Å²) < 4.78 is 0. The number of amides is 1. The fourth-order valence-corrected chi connectivity index (χ4v) is 0.996. The maximum absolute atomic E-state index is 11.1. The van der Waals surface area contributed by atoms with Gasteiger partial charge in [-0.15, -0.1) is 6.42 Å². The van der Waals surface area contributed by atoms with Crippen molar-refractivity contribution in [3.8, 4) is 12.3 Å². The molecule has 0 unspecified atom stereocenters. The molecule has 0 aromatic carbocycles. The van der Waals surface area contributed by atoms with Crippen LogP contribution in [0.4, 0.5) is 0 Å². The van der Waals surface area contributed by atoms with E-state index in [-0.39, 0.29) is 18.7 Å². The number of rotatable bonds is 5. The molecule has 14 heavy (non-hydrogen) atoms. The lowest BCUT2D eigenvalue weighted by Gasteiger charge is -2.25. The summed E-state index contributed by atoms with van der Waals surface area (Å²) in [5, 5.41) is 11.1. The number of carbonyl (C=O) groups excluding carboxylic acids is 1. The highest BCUT2D eigenvalue weighted by atomic mass is 16.4. The Bertz CT molecular complexity index is 263. The molecule has 0 spiro atoms. The third kappa shape index (κ3) is 6.06. The van der Waals surface area contributed by atoms with E-state index in [0.29, 0.717) is 6.42 Å². The monoisotopic (exact) mass is 197 g/mol. The second kappa shape index (κ2) is 5.28. The summed E-state index contributed by atoms with van der Waals surface area (Å²) in [5.41, 5.74) is -0.522. The number of carbonyl (C=O) groups is 2. The second-order valence-corrected chi connectivity index (χ2v) is 3.71. The van der Waals surface area contributed by atoms with E-state index in [1.54, 1.807) is 13.8 Å². The maximum Gasteiger partial charge on any atom is 0.303 e. The van der Waals surface area contributed by atoms with Gasteiger partial charge in [0.05, 0.1) is 6.42 Å². The van der Waals surface area contributed by atoms with Gasteiger partial charge >= 0.3 is 5.97 Å². The van der Waals surface area contributed by atoms with Crippen molar-refractivity contribution in [3.05, 3.63) is 0 Å². The minimum Gasteiger partial charge on any atom is -0.481 e. The Balaban J connectivity index is 4.01. The van der Waals surface area contributed by atoms with Crippen LogP contribution in [0.15, 0.2) is 0 Å². The Morgan fingerprint density at radius 1 is 1.50 bits per heavy atom. The zero-order chi connectivity index (χ0) is 11.2. The SMILES string of the molecule is C#CCC(=O)NC(C)(C)CCC(=O)O. The van der Waals surface area contributed by atoms with Gasteiger partial charge in [0.2, 0.25) is 5.91 Å². The van der Waals surface area contributed by atoms with Crippen LogP contribution in [0.5, 0.6) is 0 Å². The standard InChI is InChI=1S/C10H15NO3/c1-4-5-8(12)11-10(2,3)7-6-9(13)14/h1H,5-7H2,2-3H3,(H,11,12)(H,13,14). The lowest BCUT2D eigenvalue weighted by molar-refractivity contribution is -0.137. The van der Waals surface area contributed by atoms with E-state index in [2.05, 4.69) is 11.2 Å². The quantitative estimate of drug-likeness (QED) is 0.640. The molecule has 0 aliphatic rings. The lowest BCUT2D eigenvalue weighted by Crippen LogP contribution is -2.43. The number of nitrogens with one attached hydrogen (secondary N) is 1. The van der Waals surface area contributed by atoms with Crippen LogP contribution in [0.2, 0.25) is 0 Å². The minimum atomic E-state index is -0.871. The van der Waals surface area contributed by atoms with Crippen LogP contribution in [0, 0.1) is 12.3 Å². The molecule has 2 N–H and O–H groups in total. The van der Waals surface area contributed by atoms with Crippen molar-refractivity contribution in [2.24, 2.45) is 0 Å². The zero-order valence-electron chi connectivity index (χ0n) is 8.46. The van der Waals surface area contributed by atoms with Gasteiger partial charge in [-0.05, 0) is 20.3 Å². The molecular formula is C10H15NO3. The third-order valence-corrected chi connectivity index (χ3v) is 1.70. The van der Waals surface area contributed by atoms with Gasteiger partial charge < -0.3 is 10.4 Å². The van der Waals surface area contributed by atoms with Crippen LogP contribution < -0.4 is 5.32 Å². The summed E-state index contributed by atoms with van der Waals surface area (Å²) in [6.07, 6.45) is 5.41. The number of carboxylic acids is 1. The molecule has 0 saturated heterocycles. The molecule has 0 aromatic heterocycles. The van der Waals surface area contributed by atoms with Crippen molar-refractivity contribution in [1.29, 1.82) is 0 Å². The molecule has 0 radical (unpaired) electrons. The maximum atomic E-state index is 11.1. The van der Waals surface area contributed by atoms with Crippen LogP contribution >= 0.6 is 0 Å². The van der Waals surface area contributed by atoms with Crippen LogP contribution in [0.25, 0.3) is 0 Å². The normalized spacial score (nSPS) is 10.4. The van der Waals surface area contributed by atoms with Crippen molar-refractivity contribution < 1.29 is 14.7 Å². The number of carboxylic acid groups (broad SMARTS) is 1. The first-order valence-electron chi connectivity index (χ1n) is 4.33. The Morgan fingerprint density at radius 2 is 2.07 bits per heavy atom. The highest BCUT2D eigenvalue weighted by Gasteiger charge is 2.20. The van der Waals surface area contributed by atoms with Crippen molar-refractivity contribution in [1.82, 2.24) is 5.32 Å². The van der Waals surface area contributed by atoms with Crippen molar-refractivity contribution in [2.75, 3.05) is 0 Å². The number of hydrogen-bond donors (Lipinski definition) is 2. The van der Waals surface area contributed by atoms with Gasteiger partial charge in [0, 0.05) is 12.0 Å². The van der Waals surface area contributed by atoms with Gasteiger partial charge in [0.15, 0.2) is 0 Å². The van der Waals surface area contributed by atoms with E-state index in [0.717, 1.165) is 0 Å². The largest absolute Gasteiger partial charge is 0.481 e. The molecule has 0 rings (SSSR count). The van der Waals surface area contributed by atoms with Crippen molar-refractivity contribution in [3.63, 3.8) is 0 Å². The predicted molar refractivity (Wildman–Crippen MR) is 52.5 cm³/mol. The Hall–Kier alpha value is -1.50. The minimum absolute atomic E-state index is 0.0243. The summed E-state index contributed by atoms with van der Waals surface area (Å²) in [6.45, 7) is 3.54. The van der Waals surface area contributed by atoms with E-state index in [1.165, 1.54) is 0 Å². The molecule has 0 aliphatic carbocycles. The second-order valence-electron chi connectivity index (χ2n) is 3.71. The van der Waals surface area contributed by atoms with E-state index in [9.17, 15) is 9.59 Å². The topological polar surface area (TPSA) is 66.4 Å². The molecule has 0 heterocycles. The summed E-state index contributed by atoms with van der Waals surface area (Å²) in [4.78, 5) is 21.4. The van der Waals surface area contributed by atoms with Crippen LogP contribution in [-0.2, 0) is 9.59 Å². The fourth-order valence-electron chi connectivity index (χ4n) is 0.996. The molecule has 0 atom stereocenters. The highest BCUT2D eigenvalue weighted by Crippen LogP contribution is 2.11. The van der Waals surface area contributed by atoms with E-state index in [4.69, 9.17) is 11.5 Å². The summed E-state index contributed by atoms with van der Waals surface area (Å²) in [7, 11) is 0. The van der Waals surface area contributed by atoms with E-state index in [1.807, 2.05) is 0 Å². The van der Waals surface area contributed by atoms with Gasteiger partial charge in [0.1, 0.15) is 0 Å². The Labute approximate surface area is 83.7 Å². The first kappa shape index (κ1) is 12.5. The molecule has 0 saturated carbocycles. The smallest absolute Gasteiger partial charge is 0.303 e. The van der Waals surface area contributed by atoms with Gasteiger partial charge in [-0.3, -0.25) is 9.59 Å². The molecule has 4 heteroatoms.